The van der Waals surface area contributed by atoms with Gasteiger partial charge in [0.1, 0.15) is 11.6 Å². The largest absolute Gasteiger partial charge is 0.365 e. The van der Waals surface area contributed by atoms with E-state index in [0.29, 0.717) is 29.8 Å². The average molecular weight is 268 g/mol. The van der Waals surface area contributed by atoms with Crippen LogP contribution in [0, 0.1) is 0 Å². The van der Waals surface area contributed by atoms with Gasteiger partial charge in [-0.3, -0.25) is 4.79 Å². The number of nitrogens with two attached hydrogens (primary N) is 1. The van der Waals surface area contributed by atoms with E-state index in [9.17, 15) is 4.79 Å². The van der Waals surface area contributed by atoms with Crippen molar-refractivity contribution in [1.82, 2.24) is 15.3 Å². The fourth-order valence-corrected chi connectivity index (χ4v) is 2.11. The highest BCUT2D eigenvalue weighted by atomic mass is 32.2. The Morgan fingerprint density at radius 2 is 2.28 bits per heavy atom. The van der Waals surface area contributed by atoms with Crippen LogP contribution >= 0.6 is 11.8 Å². The lowest BCUT2D eigenvalue weighted by Crippen LogP contribution is -2.42. The second kappa shape index (κ2) is 5.87. The first-order valence-corrected chi connectivity index (χ1v) is 6.86. The van der Waals surface area contributed by atoms with Gasteiger partial charge in [0.05, 0.1) is 0 Å². The van der Waals surface area contributed by atoms with Crippen molar-refractivity contribution in [3.8, 4) is 0 Å². The summed E-state index contributed by atoms with van der Waals surface area (Å²) in [5.41, 5.74) is 2.51. The summed E-state index contributed by atoms with van der Waals surface area (Å²) >= 11 is 1.45. The molecular weight excluding hydrogens is 252 g/mol. The van der Waals surface area contributed by atoms with E-state index in [1.165, 1.54) is 11.8 Å². The number of carbonyl (C=O) groups excluding carboxylic acids is 1. The number of carbonyl (C=O) groups is 1. The summed E-state index contributed by atoms with van der Waals surface area (Å²) in [7, 11) is 0. The number of anilines is 2. The maximum Gasteiger partial charge on any atom is 0.220 e. The molecule has 0 radical (unpaired) electrons. The van der Waals surface area contributed by atoms with Crippen molar-refractivity contribution in [2.45, 2.75) is 24.0 Å². The number of nitrogens with one attached hydrogen (secondary N) is 3. The first-order valence-electron chi connectivity index (χ1n) is 5.64. The van der Waals surface area contributed by atoms with Crippen molar-refractivity contribution in [1.29, 1.82) is 0 Å². The molecule has 1 unspecified atom stereocenters. The minimum Gasteiger partial charge on any atom is -0.365 e. The predicted octanol–water partition coefficient (Wildman–Crippen LogP) is 0.175. The first-order chi connectivity index (χ1) is 8.71. The van der Waals surface area contributed by atoms with E-state index in [0.717, 1.165) is 6.42 Å². The van der Waals surface area contributed by atoms with Crippen LogP contribution in [-0.2, 0) is 4.79 Å². The molecule has 0 aromatic carbocycles. The minimum atomic E-state index is 0.102. The molecule has 0 saturated carbocycles. The third-order valence-electron chi connectivity index (χ3n) is 2.65. The minimum absolute atomic E-state index is 0.102. The maximum atomic E-state index is 11.1. The van der Waals surface area contributed by atoms with Crippen molar-refractivity contribution in [2.24, 2.45) is 5.84 Å². The lowest BCUT2D eigenvalue weighted by atomic mass is 10.1. The summed E-state index contributed by atoms with van der Waals surface area (Å²) in [6.45, 7) is 0.614. The molecule has 0 aliphatic carbocycles. The van der Waals surface area contributed by atoms with Gasteiger partial charge in [0.15, 0.2) is 5.16 Å². The fourth-order valence-electron chi connectivity index (χ4n) is 1.73. The molecule has 1 aliphatic heterocycles. The number of hydrazine groups is 1. The molecule has 2 rings (SSSR count). The number of piperidine rings is 1. The monoisotopic (exact) mass is 268 g/mol. The summed E-state index contributed by atoms with van der Waals surface area (Å²) in [6, 6.07) is 1.94. The number of nitrogens with zero attached hydrogens (tertiary/aromatic N) is 2. The highest BCUT2D eigenvalue weighted by Gasteiger charge is 2.18. The zero-order chi connectivity index (χ0) is 13.0. The second-order valence-electron chi connectivity index (χ2n) is 3.95. The highest BCUT2D eigenvalue weighted by Crippen LogP contribution is 2.18. The van der Waals surface area contributed by atoms with Crippen LogP contribution in [0.2, 0.25) is 0 Å². The molecule has 0 bridgehead atoms. The molecule has 2 heterocycles. The number of hydrogen-bond donors (Lipinski definition) is 4. The van der Waals surface area contributed by atoms with Crippen LogP contribution in [0.5, 0.6) is 0 Å². The van der Waals surface area contributed by atoms with Crippen LogP contribution in [-0.4, -0.2) is 34.7 Å². The topological polar surface area (TPSA) is 105 Å². The number of nitrogen functional groups attached to an aromatic ring is 1. The Morgan fingerprint density at radius 3 is 2.89 bits per heavy atom. The quantitative estimate of drug-likeness (QED) is 0.267. The van der Waals surface area contributed by atoms with Gasteiger partial charge in [0.25, 0.3) is 0 Å². The first kappa shape index (κ1) is 12.9. The molecule has 0 spiro atoms. The van der Waals surface area contributed by atoms with Gasteiger partial charge in [-0.15, -0.1) is 0 Å². The summed E-state index contributed by atoms with van der Waals surface area (Å²) in [5, 5.41) is 6.74. The summed E-state index contributed by atoms with van der Waals surface area (Å²) in [5.74, 6) is 6.74. The number of rotatable bonds is 4. The van der Waals surface area contributed by atoms with Gasteiger partial charge in [-0.25, -0.2) is 15.8 Å². The maximum absolute atomic E-state index is 11.1. The normalized spacial score (nSPS) is 19.2. The van der Waals surface area contributed by atoms with Crippen LogP contribution in [0.4, 0.5) is 11.6 Å². The summed E-state index contributed by atoms with van der Waals surface area (Å²) in [6.07, 6.45) is 3.25. The van der Waals surface area contributed by atoms with Gasteiger partial charge >= 0.3 is 0 Å². The van der Waals surface area contributed by atoms with E-state index in [1.54, 1.807) is 6.07 Å². The van der Waals surface area contributed by atoms with Gasteiger partial charge in [0, 0.05) is 25.1 Å². The molecule has 7 nitrogen and oxygen atoms in total. The third-order valence-corrected chi connectivity index (χ3v) is 3.20. The van der Waals surface area contributed by atoms with Crippen LogP contribution in [0.3, 0.4) is 0 Å². The van der Waals surface area contributed by atoms with Crippen LogP contribution in [0.1, 0.15) is 12.8 Å². The fraction of sp³-hybridized carbons (Fsp3) is 0.500. The SMILES string of the molecule is CSc1nc(NN)cc(NC2CCC(=O)NC2)n1. The number of aromatic nitrogens is 2. The third kappa shape index (κ3) is 3.23. The van der Waals surface area contributed by atoms with E-state index in [1.807, 2.05) is 6.26 Å². The molecule has 1 aromatic heterocycles. The Balaban J connectivity index is 2.06. The Hall–Kier alpha value is -1.54. The number of thioether (sulfide) groups is 1. The highest BCUT2D eigenvalue weighted by molar-refractivity contribution is 7.98. The van der Waals surface area contributed by atoms with E-state index in [2.05, 4.69) is 26.0 Å². The molecule has 1 aromatic rings. The van der Waals surface area contributed by atoms with Gasteiger partial charge < -0.3 is 16.1 Å². The van der Waals surface area contributed by atoms with Gasteiger partial charge in [0.2, 0.25) is 5.91 Å². The molecule has 1 saturated heterocycles. The lowest BCUT2D eigenvalue weighted by Gasteiger charge is -2.24. The van der Waals surface area contributed by atoms with Crippen molar-refractivity contribution in [2.75, 3.05) is 23.5 Å². The van der Waals surface area contributed by atoms with E-state index < -0.39 is 0 Å². The van der Waals surface area contributed by atoms with E-state index in [-0.39, 0.29) is 11.9 Å². The zero-order valence-electron chi connectivity index (χ0n) is 10.1. The Bertz CT molecular complexity index is 408. The van der Waals surface area contributed by atoms with E-state index in [4.69, 9.17) is 5.84 Å². The average Bonchev–Trinajstić information content (AvgIpc) is 2.41. The van der Waals surface area contributed by atoms with Crippen LogP contribution in [0.15, 0.2) is 11.2 Å². The van der Waals surface area contributed by atoms with Gasteiger partial charge in [-0.05, 0) is 12.7 Å². The zero-order valence-corrected chi connectivity index (χ0v) is 10.9. The number of hydrogen-bond acceptors (Lipinski definition) is 7. The molecule has 8 heteroatoms. The molecule has 1 aliphatic rings. The molecular formula is C10H16N6OS. The Morgan fingerprint density at radius 1 is 1.50 bits per heavy atom. The smallest absolute Gasteiger partial charge is 0.220 e. The van der Waals surface area contributed by atoms with Crippen molar-refractivity contribution in [3.05, 3.63) is 6.07 Å². The Labute approximate surface area is 109 Å². The molecule has 1 atom stereocenters. The van der Waals surface area contributed by atoms with E-state index >= 15 is 0 Å². The molecule has 98 valence electrons. The number of amides is 1. The Kier molecular flexibility index (Phi) is 4.21. The van der Waals surface area contributed by atoms with Crippen molar-refractivity contribution < 1.29 is 4.79 Å². The predicted molar refractivity (Wildman–Crippen MR) is 71.3 cm³/mol. The molecule has 1 fully saturated rings. The second-order valence-corrected chi connectivity index (χ2v) is 4.73. The van der Waals surface area contributed by atoms with Gasteiger partial charge in [-0.2, -0.15) is 0 Å². The summed E-state index contributed by atoms with van der Waals surface area (Å²) < 4.78 is 0. The van der Waals surface area contributed by atoms with Crippen molar-refractivity contribution >= 4 is 29.3 Å². The lowest BCUT2D eigenvalue weighted by molar-refractivity contribution is -0.122. The molecule has 1 amide bonds. The standard InChI is InChI=1S/C10H16N6OS/c1-18-10-14-7(4-8(15-10)16-11)13-6-2-3-9(17)12-5-6/h4,6H,2-3,5,11H2,1H3,(H,12,17)(H2,13,14,15,16). The van der Waals surface area contributed by atoms with Crippen LogP contribution in [0.25, 0.3) is 0 Å². The van der Waals surface area contributed by atoms with Gasteiger partial charge in [-0.1, -0.05) is 11.8 Å². The van der Waals surface area contributed by atoms with Crippen LogP contribution < -0.4 is 21.9 Å². The summed E-state index contributed by atoms with van der Waals surface area (Å²) in [4.78, 5) is 19.6. The molecule has 5 N–H and O–H groups in total. The van der Waals surface area contributed by atoms with Crippen molar-refractivity contribution in [3.63, 3.8) is 0 Å². The molecule has 18 heavy (non-hydrogen) atoms.